The first kappa shape index (κ1) is 28.6. The summed E-state index contributed by atoms with van der Waals surface area (Å²) in [5, 5.41) is 16.8. The van der Waals surface area contributed by atoms with Crippen molar-refractivity contribution in [1.82, 2.24) is 10.2 Å². The van der Waals surface area contributed by atoms with Crippen molar-refractivity contribution >= 4 is 35.0 Å². The number of aliphatic hydroxyl groups is 1. The Morgan fingerprint density at radius 1 is 1.12 bits per heavy atom. The Hall–Kier alpha value is -2.94. The van der Waals surface area contributed by atoms with Crippen molar-refractivity contribution in [1.29, 1.82) is 0 Å². The lowest BCUT2D eigenvalue weighted by molar-refractivity contribution is -0.149. The van der Waals surface area contributed by atoms with Gasteiger partial charge in [-0.3, -0.25) is 14.4 Å². The van der Waals surface area contributed by atoms with Crippen LogP contribution in [0.15, 0.2) is 54.6 Å². The highest BCUT2D eigenvalue weighted by Gasteiger charge is 2.80. The average Bonchev–Trinajstić information content (AvgIpc) is 3.44. The van der Waals surface area contributed by atoms with Crippen LogP contribution in [0.2, 0.25) is 5.02 Å². The molecule has 7 atom stereocenters. The number of benzene rings is 2. The highest BCUT2D eigenvalue weighted by molar-refractivity contribution is 6.33. The molecule has 0 aliphatic carbocycles. The van der Waals surface area contributed by atoms with Gasteiger partial charge in [-0.1, -0.05) is 74.8 Å². The molecular weight excluding hydrogens is 530 g/mol. The second-order valence-corrected chi connectivity index (χ2v) is 12.5. The zero-order valence-corrected chi connectivity index (χ0v) is 24.1. The number of hydrogen-bond acceptors (Lipinski definition) is 5. The minimum atomic E-state index is -1.21. The third kappa shape index (κ3) is 4.60. The molecule has 3 unspecified atom stereocenters. The second-order valence-electron chi connectivity index (χ2n) is 12.1. The van der Waals surface area contributed by atoms with Crippen LogP contribution in [0, 0.1) is 23.7 Å². The number of hydrogen-bond donors (Lipinski definition) is 3. The van der Waals surface area contributed by atoms with Crippen LogP contribution >= 0.6 is 11.6 Å². The lowest BCUT2D eigenvalue weighted by atomic mass is 9.62. The van der Waals surface area contributed by atoms with Crippen LogP contribution in [-0.2, 0) is 25.7 Å². The first-order valence-corrected chi connectivity index (χ1v) is 14.4. The molecule has 3 N–H and O–H groups in total. The molecule has 3 aliphatic heterocycles. The molecular formula is C31H38ClN3O5. The number of amides is 3. The largest absolute Gasteiger partial charge is 0.394 e. The average molecular weight is 568 g/mol. The summed E-state index contributed by atoms with van der Waals surface area (Å²) in [7, 11) is 0. The van der Waals surface area contributed by atoms with Crippen molar-refractivity contribution in [2.75, 3.05) is 11.9 Å². The monoisotopic (exact) mass is 567 g/mol. The fourth-order valence-corrected chi connectivity index (χ4v) is 7.43. The maximum absolute atomic E-state index is 14.4. The van der Waals surface area contributed by atoms with Crippen molar-refractivity contribution in [3.63, 3.8) is 0 Å². The molecule has 214 valence electrons. The van der Waals surface area contributed by atoms with Gasteiger partial charge in [-0.15, -0.1) is 0 Å². The molecule has 8 nitrogen and oxygen atoms in total. The maximum Gasteiger partial charge on any atom is 0.250 e. The zero-order chi connectivity index (χ0) is 28.8. The van der Waals surface area contributed by atoms with Crippen LogP contribution in [0.4, 0.5) is 5.69 Å². The Balaban J connectivity index is 1.54. The molecule has 2 aromatic carbocycles. The molecule has 5 rings (SSSR count). The fraction of sp³-hybridized carbons (Fsp3) is 0.516. The summed E-state index contributed by atoms with van der Waals surface area (Å²) < 4.78 is 6.77. The van der Waals surface area contributed by atoms with E-state index in [9.17, 15) is 19.5 Å². The van der Waals surface area contributed by atoms with E-state index in [1.165, 1.54) is 4.90 Å². The summed E-state index contributed by atoms with van der Waals surface area (Å²) >= 11 is 6.36. The highest BCUT2D eigenvalue weighted by Crippen LogP contribution is 2.65. The van der Waals surface area contributed by atoms with Crippen LogP contribution in [0.5, 0.6) is 0 Å². The summed E-state index contributed by atoms with van der Waals surface area (Å²) in [6.45, 7) is 7.92. The number of carbonyl (C=O) groups is 3. The van der Waals surface area contributed by atoms with Crippen LogP contribution in [0.3, 0.4) is 0 Å². The van der Waals surface area contributed by atoms with E-state index in [1.807, 2.05) is 58.0 Å². The van der Waals surface area contributed by atoms with Crippen LogP contribution in [-0.4, -0.2) is 57.6 Å². The van der Waals surface area contributed by atoms with Gasteiger partial charge in [-0.25, -0.2) is 0 Å². The summed E-state index contributed by atoms with van der Waals surface area (Å²) in [4.78, 5) is 43.9. The number of ether oxygens (including phenoxy) is 1. The minimum Gasteiger partial charge on any atom is -0.394 e. The third-order valence-electron chi connectivity index (χ3n) is 9.07. The van der Waals surface area contributed by atoms with E-state index in [2.05, 4.69) is 10.6 Å². The van der Waals surface area contributed by atoms with Gasteiger partial charge in [0, 0.05) is 6.54 Å². The summed E-state index contributed by atoms with van der Waals surface area (Å²) in [5.41, 5.74) is -0.769. The van der Waals surface area contributed by atoms with Gasteiger partial charge in [0.05, 0.1) is 40.8 Å². The van der Waals surface area contributed by atoms with E-state index in [0.29, 0.717) is 30.1 Å². The van der Waals surface area contributed by atoms with Gasteiger partial charge in [0.15, 0.2) is 0 Å². The van der Waals surface area contributed by atoms with Crippen LogP contribution in [0.1, 0.15) is 46.1 Å². The second kappa shape index (κ2) is 10.8. The predicted molar refractivity (Wildman–Crippen MR) is 152 cm³/mol. The molecule has 3 aliphatic rings. The summed E-state index contributed by atoms with van der Waals surface area (Å²) in [5.74, 6) is -2.60. The third-order valence-corrected chi connectivity index (χ3v) is 9.40. The number of aliphatic hydroxyl groups excluding tert-OH is 1. The zero-order valence-electron chi connectivity index (χ0n) is 23.4. The Bertz CT molecular complexity index is 1290. The number of halogens is 1. The van der Waals surface area contributed by atoms with E-state index in [0.717, 1.165) is 5.56 Å². The number of likely N-dealkylation sites (tertiary alicyclic amines) is 1. The SMILES string of the molecule is CC(C)C[C@H](CO)N1C(=O)[C@@H]2[C@H](C(=O)NCc3ccccc3)[C@@]3(C)OC2(CC3C)C1C(=O)Nc1ccccc1Cl. The fourth-order valence-electron chi connectivity index (χ4n) is 7.25. The molecule has 3 heterocycles. The number of nitrogens with one attached hydrogen (secondary N) is 2. The van der Waals surface area contributed by atoms with Gasteiger partial charge in [0.1, 0.15) is 11.6 Å². The van der Waals surface area contributed by atoms with Gasteiger partial charge in [-0.05, 0) is 49.3 Å². The minimum absolute atomic E-state index is 0.0859. The number of nitrogens with zero attached hydrogens (tertiary/aromatic N) is 1. The summed E-state index contributed by atoms with van der Waals surface area (Å²) in [6.07, 6.45) is 0.942. The lowest BCUT2D eigenvalue weighted by Gasteiger charge is -2.37. The normalized spacial score (nSPS) is 31.4. The van der Waals surface area contributed by atoms with Crippen molar-refractivity contribution in [3.8, 4) is 0 Å². The molecule has 0 saturated carbocycles. The molecule has 1 spiro atoms. The van der Waals surface area contributed by atoms with Crippen molar-refractivity contribution in [2.45, 2.75) is 70.4 Å². The lowest BCUT2D eigenvalue weighted by Crippen LogP contribution is -2.56. The number of fused-ring (bicyclic) bond motifs is 1. The number of anilines is 1. The van der Waals surface area contributed by atoms with E-state index >= 15 is 0 Å². The number of para-hydroxylation sites is 1. The molecule has 2 aromatic rings. The standard InChI is InChI=1S/C31H38ClN3O5/c1-18(2)14-21(17-36)35-26(28(38)34-23-13-9-8-12-22(23)32)31-15-19(3)30(4,40-31)24(25(31)29(35)39)27(37)33-16-20-10-6-5-7-11-20/h5-13,18-19,21,24-26,36H,14-17H2,1-4H3,(H,33,37)(H,34,38)/t19?,21-,24-,25+,26?,30+,31?/m1/s1. The van der Waals surface area contributed by atoms with E-state index in [4.69, 9.17) is 16.3 Å². The van der Waals surface area contributed by atoms with E-state index < -0.39 is 41.0 Å². The molecule has 40 heavy (non-hydrogen) atoms. The topological polar surface area (TPSA) is 108 Å². The maximum atomic E-state index is 14.4. The van der Waals surface area contributed by atoms with E-state index in [1.54, 1.807) is 24.3 Å². The molecule has 3 fully saturated rings. The predicted octanol–water partition coefficient (Wildman–Crippen LogP) is 4.01. The summed E-state index contributed by atoms with van der Waals surface area (Å²) in [6, 6.07) is 14.9. The molecule has 3 saturated heterocycles. The molecule has 3 amide bonds. The molecule has 9 heteroatoms. The first-order valence-electron chi connectivity index (χ1n) is 14.0. The van der Waals surface area contributed by atoms with Gasteiger partial charge in [-0.2, -0.15) is 0 Å². The van der Waals surface area contributed by atoms with Gasteiger partial charge >= 0.3 is 0 Å². The molecule has 0 radical (unpaired) electrons. The Morgan fingerprint density at radius 3 is 2.45 bits per heavy atom. The first-order chi connectivity index (χ1) is 19.0. The number of rotatable bonds is 9. The van der Waals surface area contributed by atoms with Crippen molar-refractivity contribution in [2.24, 2.45) is 23.7 Å². The van der Waals surface area contributed by atoms with E-state index in [-0.39, 0.29) is 30.3 Å². The van der Waals surface area contributed by atoms with Gasteiger partial charge in [0.2, 0.25) is 17.7 Å². The quantitative estimate of drug-likeness (QED) is 0.424. The number of carbonyl (C=O) groups excluding carboxylic acids is 3. The van der Waals surface area contributed by atoms with Crippen LogP contribution in [0.25, 0.3) is 0 Å². The van der Waals surface area contributed by atoms with Gasteiger partial charge < -0.3 is 25.4 Å². The smallest absolute Gasteiger partial charge is 0.250 e. The molecule has 0 aromatic heterocycles. The Kier molecular flexibility index (Phi) is 7.72. The van der Waals surface area contributed by atoms with Crippen molar-refractivity contribution < 1.29 is 24.2 Å². The highest BCUT2D eigenvalue weighted by atomic mass is 35.5. The van der Waals surface area contributed by atoms with Gasteiger partial charge in [0.25, 0.3) is 0 Å². The van der Waals surface area contributed by atoms with Crippen molar-refractivity contribution in [3.05, 3.63) is 65.2 Å². The molecule has 2 bridgehead atoms. The Labute approximate surface area is 240 Å². The van der Waals surface area contributed by atoms with Crippen LogP contribution < -0.4 is 10.6 Å². The Morgan fingerprint density at radius 2 is 1.80 bits per heavy atom.